The first-order valence-electron chi connectivity index (χ1n) is 10.5. The predicted octanol–water partition coefficient (Wildman–Crippen LogP) is 3.49. The Balaban J connectivity index is 1.55. The summed E-state index contributed by atoms with van der Waals surface area (Å²) in [5, 5.41) is 5.76. The third kappa shape index (κ3) is 4.47. The summed E-state index contributed by atoms with van der Waals surface area (Å²) >= 11 is 0. The van der Waals surface area contributed by atoms with Crippen LogP contribution in [0, 0.1) is 11.2 Å². The molecule has 0 spiro atoms. The van der Waals surface area contributed by atoms with Crippen molar-refractivity contribution >= 4 is 16.9 Å². The molecule has 6 nitrogen and oxygen atoms in total. The highest BCUT2D eigenvalue weighted by Crippen LogP contribution is 2.46. The highest BCUT2D eigenvalue weighted by atomic mass is 32.2. The molecule has 1 aliphatic carbocycles. The minimum Gasteiger partial charge on any atom is -0.492 e. The van der Waals surface area contributed by atoms with Gasteiger partial charge in [-0.15, -0.1) is 0 Å². The van der Waals surface area contributed by atoms with Crippen molar-refractivity contribution in [1.82, 2.24) is 14.6 Å². The number of amides is 1. The maximum Gasteiger partial charge on any atom is 0.229 e. The van der Waals surface area contributed by atoms with Crippen LogP contribution in [-0.2, 0) is 22.3 Å². The van der Waals surface area contributed by atoms with Gasteiger partial charge in [0.1, 0.15) is 18.2 Å². The molecule has 3 aromatic rings. The Bertz CT molecular complexity index is 1140. The maximum atomic E-state index is 14.5. The van der Waals surface area contributed by atoms with Gasteiger partial charge in [0.2, 0.25) is 5.91 Å². The maximum absolute atomic E-state index is 14.5. The van der Waals surface area contributed by atoms with Gasteiger partial charge in [-0.25, -0.2) is 8.60 Å². The molecule has 0 bridgehead atoms. The largest absolute Gasteiger partial charge is 0.492 e. The van der Waals surface area contributed by atoms with E-state index in [4.69, 9.17) is 4.74 Å². The number of benzene rings is 2. The average molecular weight is 456 g/mol. The number of hydrogen-bond acceptors (Lipinski definition) is 4. The Kier molecular flexibility index (Phi) is 6.43. The summed E-state index contributed by atoms with van der Waals surface area (Å²) in [7, 11) is 1.88. The lowest BCUT2D eigenvalue weighted by atomic mass is 10.1. The zero-order valence-electron chi connectivity index (χ0n) is 18.1. The zero-order valence-corrected chi connectivity index (χ0v) is 18.9. The number of nitrogens with one attached hydrogen (secondary N) is 2. The van der Waals surface area contributed by atoms with E-state index in [9.17, 15) is 13.4 Å². The van der Waals surface area contributed by atoms with E-state index in [0.29, 0.717) is 35.1 Å². The second kappa shape index (κ2) is 9.26. The Morgan fingerprint density at radius 1 is 1.16 bits per heavy atom. The molecule has 0 aliphatic heterocycles. The zero-order chi connectivity index (χ0) is 22.7. The van der Waals surface area contributed by atoms with Crippen LogP contribution in [0.4, 0.5) is 4.39 Å². The van der Waals surface area contributed by atoms with Crippen molar-refractivity contribution < 1.29 is 18.1 Å². The first-order chi connectivity index (χ1) is 15.5. The van der Waals surface area contributed by atoms with Gasteiger partial charge in [0.05, 0.1) is 16.0 Å². The Morgan fingerprint density at radius 3 is 2.50 bits per heavy atom. The predicted molar refractivity (Wildman–Crippen MR) is 122 cm³/mol. The molecular formula is C24H26FN3O3S. The van der Waals surface area contributed by atoms with Crippen molar-refractivity contribution in [3.8, 4) is 17.0 Å². The molecule has 0 saturated heterocycles. The van der Waals surface area contributed by atoms with Crippen molar-refractivity contribution in [2.24, 2.45) is 5.41 Å². The Labute approximate surface area is 189 Å². The monoisotopic (exact) mass is 455 g/mol. The van der Waals surface area contributed by atoms with Gasteiger partial charge in [-0.05, 0) is 67.9 Å². The third-order valence-electron chi connectivity index (χ3n) is 5.65. The van der Waals surface area contributed by atoms with Gasteiger partial charge in [-0.2, -0.15) is 0 Å². The molecule has 1 saturated carbocycles. The summed E-state index contributed by atoms with van der Waals surface area (Å²) in [6.45, 7) is 0.892. The first kappa shape index (κ1) is 22.2. The van der Waals surface area contributed by atoms with Crippen molar-refractivity contribution in [2.75, 3.05) is 20.7 Å². The van der Waals surface area contributed by atoms with E-state index in [0.717, 1.165) is 18.4 Å². The van der Waals surface area contributed by atoms with Crippen LogP contribution in [0.2, 0.25) is 0 Å². The molecule has 1 aliphatic rings. The number of halogens is 1. The molecule has 1 amide bonds. The molecule has 1 aromatic heterocycles. The summed E-state index contributed by atoms with van der Waals surface area (Å²) in [5.74, 6) is 0.244. The molecule has 168 valence electrons. The van der Waals surface area contributed by atoms with Gasteiger partial charge in [0.15, 0.2) is 11.0 Å². The highest BCUT2D eigenvalue weighted by Gasteiger charge is 2.50. The quantitative estimate of drug-likeness (QED) is 0.518. The Hall–Kier alpha value is -2.97. The SMILES string of the molecule is CNCc1cc(-c2ccccc2F)n(S(=O)c2ccc(OCC3(C(=O)NC)CC3)cc2)c1. The highest BCUT2D eigenvalue weighted by molar-refractivity contribution is 7.83. The summed E-state index contributed by atoms with van der Waals surface area (Å²) in [6.07, 6.45) is 3.41. The molecule has 1 unspecified atom stereocenters. The lowest BCUT2D eigenvalue weighted by molar-refractivity contribution is -0.126. The molecule has 1 atom stereocenters. The summed E-state index contributed by atoms with van der Waals surface area (Å²) in [5.41, 5.74) is 1.42. The molecule has 4 rings (SSSR count). The number of rotatable bonds is 9. The van der Waals surface area contributed by atoms with Crippen molar-refractivity contribution in [3.63, 3.8) is 0 Å². The molecule has 32 heavy (non-hydrogen) atoms. The van der Waals surface area contributed by atoms with Gasteiger partial charge in [-0.1, -0.05) is 12.1 Å². The molecule has 1 heterocycles. The Morgan fingerprint density at radius 2 is 1.88 bits per heavy atom. The van der Waals surface area contributed by atoms with E-state index in [1.807, 2.05) is 13.1 Å². The molecular weight excluding hydrogens is 429 g/mol. The van der Waals surface area contributed by atoms with Crippen LogP contribution in [0.5, 0.6) is 5.75 Å². The van der Waals surface area contributed by atoms with Crippen molar-refractivity contribution in [2.45, 2.75) is 24.3 Å². The fraction of sp³-hybridized carbons (Fsp3) is 0.292. The molecule has 2 aromatic carbocycles. The first-order valence-corrected chi connectivity index (χ1v) is 11.6. The second-order valence-electron chi connectivity index (χ2n) is 7.94. The van der Waals surface area contributed by atoms with Crippen molar-refractivity contribution in [1.29, 1.82) is 0 Å². The summed E-state index contributed by atoms with van der Waals surface area (Å²) in [4.78, 5) is 12.5. The summed E-state index contributed by atoms with van der Waals surface area (Å²) in [6, 6.07) is 15.3. The van der Waals surface area contributed by atoms with Crippen molar-refractivity contribution in [3.05, 3.63) is 72.2 Å². The molecule has 1 fully saturated rings. The van der Waals surface area contributed by atoms with Crippen LogP contribution in [0.25, 0.3) is 11.3 Å². The summed E-state index contributed by atoms with van der Waals surface area (Å²) < 4.78 is 35.2. The number of carbonyl (C=O) groups excluding carboxylic acids is 1. The third-order valence-corrected chi connectivity index (χ3v) is 6.99. The van der Waals surface area contributed by atoms with Gasteiger partial charge in [-0.3, -0.25) is 8.77 Å². The van der Waals surface area contributed by atoms with E-state index in [1.165, 1.54) is 6.07 Å². The lowest BCUT2D eigenvalue weighted by Crippen LogP contribution is -2.33. The lowest BCUT2D eigenvalue weighted by Gasteiger charge is -2.15. The smallest absolute Gasteiger partial charge is 0.229 e. The second-order valence-corrected chi connectivity index (χ2v) is 9.30. The van der Waals surface area contributed by atoms with Crippen LogP contribution in [0.15, 0.2) is 65.7 Å². The fourth-order valence-electron chi connectivity index (χ4n) is 3.64. The normalized spacial score (nSPS) is 15.2. The minimum atomic E-state index is -1.57. The van der Waals surface area contributed by atoms with Crippen LogP contribution in [0.3, 0.4) is 0 Å². The molecule has 2 N–H and O–H groups in total. The number of nitrogens with zero attached hydrogens (tertiary/aromatic N) is 1. The molecule has 0 radical (unpaired) electrons. The van der Waals surface area contributed by atoms with Crippen LogP contribution in [-0.4, -0.2) is 34.8 Å². The molecule has 8 heteroatoms. The van der Waals surface area contributed by atoms with E-state index >= 15 is 0 Å². The number of aromatic nitrogens is 1. The number of hydrogen-bond donors (Lipinski definition) is 2. The topological polar surface area (TPSA) is 72.4 Å². The van der Waals surface area contributed by atoms with Crippen LogP contribution < -0.4 is 15.4 Å². The van der Waals surface area contributed by atoms with Gasteiger partial charge < -0.3 is 15.4 Å². The fourth-order valence-corrected chi connectivity index (χ4v) is 4.80. The van der Waals surface area contributed by atoms with Gasteiger partial charge >= 0.3 is 0 Å². The van der Waals surface area contributed by atoms with Gasteiger partial charge in [0.25, 0.3) is 0 Å². The van der Waals surface area contributed by atoms with E-state index < -0.39 is 16.4 Å². The minimum absolute atomic E-state index is 0.000813. The average Bonchev–Trinajstić information content (AvgIpc) is 3.50. The number of ether oxygens (including phenoxy) is 1. The van der Waals surface area contributed by atoms with E-state index in [1.54, 1.807) is 59.7 Å². The van der Waals surface area contributed by atoms with Crippen LogP contribution in [0.1, 0.15) is 18.4 Å². The van der Waals surface area contributed by atoms with Gasteiger partial charge in [0, 0.05) is 25.4 Å². The van der Waals surface area contributed by atoms with Crippen LogP contribution >= 0.6 is 0 Å². The van der Waals surface area contributed by atoms with E-state index in [2.05, 4.69) is 10.6 Å². The number of carbonyl (C=O) groups is 1. The standard InChI is InChI=1S/C24H26FN3O3S/c1-26-14-17-13-22(20-5-3-4-6-21(20)25)28(15-17)32(30)19-9-7-18(8-10-19)31-16-24(11-12-24)23(29)27-2/h3-10,13,15,26H,11-12,14,16H2,1-2H3,(H,27,29). The van der Waals surface area contributed by atoms with E-state index in [-0.39, 0.29) is 11.7 Å².